The van der Waals surface area contributed by atoms with Crippen LogP contribution in [0.1, 0.15) is 0 Å². The maximum absolute atomic E-state index is 11.8. The number of halogens is 1. The van der Waals surface area contributed by atoms with E-state index in [-0.39, 0.29) is 11.2 Å². The van der Waals surface area contributed by atoms with E-state index in [4.69, 9.17) is 0 Å². The fraction of sp³-hybridized carbons (Fsp3) is 0. The van der Waals surface area contributed by atoms with Crippen molar-refractivity contribution in [1.29, 1.82) is 0 Å². The number of pyridine rings is 1. The average Bonchev–Trinajstić information content (AvgIpc) is 2.88. The monoisotopic (exact) mass is 343 g/mol. The number of rotatable bonds is 3. The second kappa shape index (κ2) is 5.84. The van der Waals surface area contributed by atoms with Gasteiger partial charge in [0.1, 0.15) is 0 Å². The molecule has 21 heavy (non-hydrogen) atoms. The molecule has 0 aliphatic carbocycles. The Morgan fingerprint density at radius 1 is 1.05 bits per heavy atom. The first-order valence-corrected chi connectivity index (χ1v) is 6.92. The summed E-state index contributed by atoms with van der Waals surface area (Å²) in [4.78, 5) is 15.9. The van der Waals surface area contributed by atoms with Crippen LogP contribution in [0.5, 0.6) is 0 Å². The first kappa shape index (κ1) is 13.4. The molecular formula is C14H10BrN5O. The summed E-state index contributed by atoms with van der Waals surface area (Å²) in [5, 5.41) is 13.5. The van der Waals surface area contributed by atoms with Crippen LogP contribution in [0.4, 0.5) is 11.4 Å². The zero-order valence-corrected chi connectivity index (χ0v) is 12.3. The molecule has 2 N–H and O–H groups in total. The Bertz CT molecular complexity index is 838. The van der Waals surface area contributed by atoms with E-state index in [9.17, 15) is 4.79 Å². The maximum Gasteiger partial charge on any atom is 0.292 e. The molecular weight excluding hydrogens is 334 g/mol. The number of H-pyrrole nitrogens is 2. The van der Waals surface area contributed by atoms with Gasteiger partial charge in [0.25, 0.3) is 5.56 Å². The Kier molecular flexibility index (Phi) is 3.74. The molecule has 0 saturated carbocycles. The van der Waals surface area contributed by atoms with Gasteiger partial charge in [-0.3, -0.25) is 20.0 Å². The molecule has 0 radical (unpaired) electrons. The number of nitrogens with one attached hydrogen (secondary N) is 2. The molecule has 0 aliphatic heterocycles. The highest BCUT2D eigenvalue weighted by Crippen LogP contribution is 2.28. The van der Waals surface area contributed by atoms with Crippen LogP contribution in [-0.4, -0.2) is 15.2 Å². The Morgan fingerprint density at radius 2 is 1.90 bits per heavy atom. The van der Waals surface area contributed by atoms with Crippen LogP contribution < -0.4 is 5.56 Å². The number of nitrogens with zero attached hydrogens (tertiary/aromatic N) is 3. The summed E-state index contributed by atoms with van der Waals surface area (Å²) in [6, 6.07) is 11.0. The lowest BCUT2D eigenvalue weighted by atomic mass is 10.2. The van der Waals surface area contributed by atoms with Gasteiger partial charge in [-0.1, -0.05) is 12.1 Å². The molecule has 0 atom stereocenters. The van der Waals surface area contributed by atoms with E-state index in [0.717, 1.165) is 10.0 Å². The lowest BCUT2D eigenvalue weighted by molar-refractivity contribution is 1.06. The zero-order chi connectivity index (χ0) is 14.7. The maximum atomic E-state index is 11.8. The van der Waals surface area contributed by atoms with E-state index in [1.54, 1.807) is 24.5 Å². The fourth-order valence-corrected chi connectivity index (χ4v) is 2.17. The summed E-state index contributed by atoms with van der Waals surface area (Å²) >= 11 is 3.39. The Hall–Kier alpha value is -2.54. The van der Waals surface area contributed by atoms with Gasteiger partial charge >= 0.3 is 0 Å². The topological polar surface area (TPSA) is 86.3 Å². The van der Waals surface area contributed by atoms with E-state index in [1.165, 1.54) is 0 Å². The summed E-state index contributed by atoms with van der Waals surface area (Å²) in [5.41, 5.74) is 1.86. The molecule has 1 aromatic carbocycles. The summed E-state index contributed by atoms with van der Waals surface area (Å²) in [6.07, 6.45) is 3.31. The van der Waals surface area contributed by atoms with Gasteiger partial charge in [-0.2, -0.15) is 0 Å². The zero-order valence-electron chi connectivity index (χ0n) is 10.7. The van der Waals surface area contributed by atoms with Gasteiger partial charge in [-0.15, -0.1) is 10.2 Å². The number of hydrogen-bond donors (Lipinski definition) is 2. The minimum Gasteiger partial charge on any atom is -0.295 e. The van der Waals surface area contributed by atoms with Crippen LogP contribution in [0.2, 0.25) is 0 Å². The minimum absolute atomic E-state index is 0.221. The molecule has 0 aliphatic rings. The quantitative estimate of drug-likeness (QED) is 0.705. The highest BCUT2D eigenvalue weighted by Gasteiger charge is 2.11. The van der Waals surface area contributed by atoms with Gasteiger partial charge in [-0.05, 0) is 40.2 Å². The molecule has 2 aromatic heterocycles. The second-order valence-electron chi connectivity index (χ2n) is 4.20. The third kappa shape index (κ3) is 2.82. The average molecular weight is 344 g/mol. The van der Waals surface area contributed by atoms with E-state index < -0.39 is 0 Å². The minimum atomic E-state index is -0.329. The highest BCUT2D eigenvalue weighted by molar-refractivity contribution is 9.10. The smallest absolute Gasteiger partial charge is 0.292 e. The number of aromatic nitrogens is 3. The van der Waals surface area contributed by atoms with Crippen molar-refractivity contribution < 1.29 is 0 Å². The number of hydrogen-bond acceptors (Lipinski definition) is 4. The lowest BCUT2D eigenvalue weighted by Gasteiger charge is -1.98. The van der Waals surface area contributed by atoms with Crippen molar-refractivity contribution in [3.05, 3.63) is 63.6 Å². The molecule has 104 valence electrons. The van der Waals surface area contributed by atoms with Crippen molar-refractivity contribution in [2.75, 3.05) is 0 Å². The molecule has 0 bridgehead atoms. The van der Waals surface area contributed by atoms with Crippen LogP contribution in [0.25, 0.3) is 11.3 Å². The van der Waals surface area contributed by atoms with Crippen LogP contribution in [0.3, 0.4) is 0 Å². The molecule has 0 spiro atoms. The Balaban J connectivity index is 2.02. The highest BCUT2D eigenvalue weighted by atomic mass is 79.9. The second-order valence-corrected chi connectivity index (χ2v) is 5.05. The third-order valence-corrected chi connectivity index (χ3v) is 3.48. The van der Waals surface area contributed by atoms with Crippen molar-refractivity contribution in [3.8, 4) is 11.3 Å². The largest absolute Gasteiger partial charge is 0.295 e. The summed E-state index contributed by atoms with van der Waals surface area (Å²) in [7, 11) is 0. The van der Waals surface area contributed by atoms with Gasteiger partial charge in [0.05, 0.1) is 11.4 Å². The summed E-state index contributed by atoms with van der Waals surface area (Å²) in [5.74, 6) is 0. The van der Waals surface area contributed by atoms with E-state index >= 15 is 0 Å². The normalized spacial score (nSPS) is 11.1. The van der Waals surface area contributed by atoms with Gasteiger partial charge in [0, 0.05) is 22.4 Å². The lowest BCUT2D eigenvalue weighted by Crippen LogP contribution is -1.96. The van der Waals surface area contributed by atoms with Gasteiger partial charge in [0.2, 0.25) is 0 Å². The number of azo groups is 1. The predicted octanol–water partition coefficient (Wildman–Crippen LogP) is 3.94. The van der Waals surface area contributed by atoms with Crippen molar-refractivity contribution in [2.45, 2.75) is 0 Å². The molecule has 0 fully saturated rings. The molecule has 2 heterocycles. The van der Waals surface area contributed by atoms with Gasteiger partial charge < -0.3 is 0 Å². The number of aromatic amines is 2. The van der Waals surface area contributed by atoms with Crippen molar-refractivity contribution in [1.82, 2.24) is 15.2 Å². The molecule has 3 rings (SSSR count). The van der Waals surface area contributed by atoms with Crippen molar-refractivity contribution >= 4 is 27.3 Å². The van der Waals surface area contributed by atoms with Crippen LogP contribution >= 0.6 is 15.9 Å². The molecule has 3 aromatic rings. The summed E-state index contributed by atoms with van der Waals surface area (Å²) < 4.78 is 0.809. The van der Waals surface area contributed by atoms with Crippen LogP contribution in [-0.2, 0) is 0 Å². The fourth-order valence-electron chi connectivity index (χ4n) is 1.80. The molecule has 7 heteroatoms. The SMILES string of the molecule is O=c1[nH][nH]c(-c2cccnc2)c1N=Nc1ccccc1Br. The molecule has 6 nitrogen and oxygen atoms in total. The Labute approximate surface area is 128 Å². The van der Waals surface area contributed by atoms with E-state index in [0.29, 0.717) is 11.4 Å². The first-order chi connectivity index (χ1) is 10.3. The third-order valence-electron chi connectivity index (χ3n) is 2.81. The molecule has 0 amide bonds. The van der Waals surface area contributed by atoms with Crippen LogP contribution in [0, 0.1) is 0 Å². The predicted molar refractivity (Wildman–Crippen MR) is 83.0 cm³/mol. The standard InChI is InChI=1S/C14H10BrN5O/c15-10-5-1-2-6-11(10)17-19-13-12(18-20-14(13)21)9-4-3-7-16-8-9/h1-8H,(H2,18,20,21). The first-order valence-electron chi connectivity index (χ1n) is 6.13. The Morgan fingerprint density at radius 3 is 2.67 bits per heavy atom. The van der Waals surface area contributed by atoms with Crippen LogP contribution in [0.15, 0.2) is 68.3 Å². The van der Waals surface area contributed by atoms with Crippen molar-refractivity contribution in [3.63, 3.8) is 0 Å². The molecule has 0 saturated heterocycles. The number of benzene rings is 1. The van der Waals surface area contributed by atoms with E-state index in [2.05, 4.69) is 41.3 Å². The molecule has 0 unspecified atom stereocenters. The van der Waals surface area contributed by atoms with E-state index in [1.807, 2.05) is 24.3 Å². The van der Waals surface area contributed by atoms with Gasteiger partial charge in [0.15, 0.2) is 5.69 Å². The summed E-state index contributed by atoms with van der Waals surface area (Å²) in [6.45, 7) is 0. The van der Waals surface area contributed by atoms with Crippen molar-refractivity contribution in [2.24, 2.45) is 10.2 Å². The van der Waals surface area contributed by atoms with Gasteiger partial charge in [-0.25, -0.2) is 0 Å².